The minimum Gasteiger partial charge on any atom is -0.358 e. The molecule has 3 aliphatic heterocycles. The Morgan fingerprint density at radius 3 is 3.03 bits per heavy atom. The number of nitrogens with zero attached hydrogens (tertiary/aromatic N) is 3. The molecule has 0 saturated carbocycles. The van der Waals surface area contributed by atoms with Crippen molar-refractivity contribution < 1.29 is 13.7 Å². The van der Waals surface area contributed by atoms with Gasteiger partial charge in [-0.25, -0.2) is 0 Å². The predicted octanol–water partition coefficient (Wildman–Crippen LogP) is 2.65. The van der Waals surface area contributed by atoms with Crippen molar-refractivity contribution in [2.45, 2.75) is 31.8 Å². The molecule has 31 heavy (non-hydrogen) atoms. The SMILES string of the molecule is [2H]C([2H])([2H])NC(=O)c1ccc(C2=CCN(Cc3ccc4c(c3)NC(=O)[C@@H]3CCCN43)CC2)cn1. The third-order valence-electron chi connectivity index (χ3n) is 6.36. The normalized spacial score (nSPS) is 22.4. The van der Waals surface area contributed by atoms with E-state index in [1.807, 2.05) is 5.32 Å². The molecule has 3 aliphatic rings. The van der Waals surface area contributed by atoms with Crippen LogP contribution in [0.15, 0.2) is 42.6 Å². The average Bonchev–Trinajstić information content (AvgIpc) is 3.30. The Hall–Kier alpha value is -3.19. The Balaban J connectivity index is 1.21. The van der Waals surface area contributed by atoms with E-state index in [1.165, 1.54) is 5.56 Å². The highest BCUT2D eigenvalue weighted by molar-refractivity contribution is 6.04. The van der Waals surface area contributed by atoms with E-state index < -0.39 is 12.9 Å². The number of hydrogen-bond donors (Lipinski definition) is 2. The molecule has 7 heteroatoms. The molecule has 0 unspecified atom stereocenters. The van der Waals surface area contributed by atoms with Gasteiger partial charge in [0.2, 0.25) is 5.91 Å². The van der Waals surface area contributed by atoms with Crippen LogP contribution in [-0.2, 0) is 11.3 Å². The lowest BCUT2D eigenvalue weighted by atomic mass is 10.00. The molecule has 2 amide bonds. The average molecular weight is 421 g/mol. The number of anilines is 2. The van der Waals surface area contributed by atoms with Crippen LogP contribution >= 0.6 is 0 Å². The summed E-state index contributed by atoms with van der Waals surface area (Å²) in [6, 6.07) is 9.70. The van der Waals surface area contributed by atoms with E-state index >= 15 is 0 Å². The quantitative estimate of drug-likeness (QED) is 0.795. The van der Waals surface area contributed by atoms with Gasteiger partial charge in [0.25, 0.3) is 5.91 Å². The third-order valence-corrected chi connectivity index (χ3v) is 6.36. The molecule has 1 fully saturated rings. The van der Waals surface area contributed by atoms with Gasteiger partial charge >= 0.3 is 0 Å². The summed E-state index contributed by atoms with van der Waals surface area (Å²) >= 11 is 0. The van der Waals surface area contributed by atoms with Crippen LogP contribution in [0.1, 0.15) is 45.0 Å². The highest BCUT2D eigenvalue weighted by Gasteiger charge is 2.36. The summed E-state index contributed by atoms with van der Waals surface area (Å²) < 4.78 is 21.4. The second-order valence-electron chi connectivity index (χ2n) is 8.29. The number of carbonyl (C=O) groups is 2. The Morgan fingerprint density at radius 2 is 2.26 bits per heavy atom. The number of rotatable bonds is 4. The molecule has 0 spiro atoms. The van der Waals surface area contributed by atoms with Crippen molar-refractivity contribution in [3.63, 3.8) is 0 Å². The summed E-state index contributed by atoms with van der Waals surface area (Å²) in [6.45, 7) is 0.860. The van der Waals surface area contributed by atoms with E-state index in [2.05, 4.69) is 44.4 Å². The highest BCUT2D eigenvalue weighted by Crippen LogP contribution is 2.37. The minimum atomic E-state index is -2.53. The van der Waals surface area contributed by atoms with Crippen LogP contribution in [0.3, 0.4) is 0 Å². The molecule has 1 aromatic heterocycles. The summed E-state index contributed by atoms with van der Waals surface area (Å²) in [6.07, 6.45) is 6.60. The van der Waals surface area contributed by atoms with E-state index in [0.29, 0.717) is 0 Å². The Labute approximate surface area is 186 Å². The number of fused-ring (bicyclic) bond motifs is 3. The van der Waals surface area contributed by atoms with Crippen LogP contribution in [0.25, 0.3) is 5.57 Å². The Morgan fingerprint density at radius 1 is 1.32 bits per heavy atom. The fourth-order valence-electron chi connectivity index (χ4n) is 4.73. The number of amides is 2. The molecular formula is C24H27N5O2. The van der Waals surface area contributed by atoms with Crippen molar-refractivity contribution in [2.75, 3.05) is 36.8 Å². The summed E-state index contributed by atoms with van der Waals surface area (Å²) in [5, 5.41) is 5.03. The first-order valence-electron chi connectivity index (χ1n) is 12.2. The molecule has 2 N–H and O–H groups in total. The van der Waals surface area contributed by atoms with Crippen molar-refractivity contribution in [3.05, 3.63) is 59.4 Å². The number of hydrogen-bond acceptors (Lipinski definition) is 5. The summed E-state index contributed by atoms with van der Waals surface area (Å²) in [7, 11) is 0. The van der Waals surface area contributed by atoms with Crippen LogP contribution in [0.4, 0.5) is 11.4 Å². The molecule has 4 heterocycles. The van der Waals surface area contributed by atoms with Gasteiger partial charge in [-0.1, -0.05) is 18.2 Å². The predicted molar refractivity (Wildman–Crippen MR) is 121 cm³/mol. The topological polar surface area (TPSA) is 77.6 Å². The molecule has 0 radical (unpaired) electrons. The zero-order chi connectivity index (χ0) is 23.9. The van der Waals surface area contributed by atoms with Crippen LogP contribution in [0.2, 0.25) is 0 Å². The smallest absolute Gasteiger partial charge is 0.269 e. The third kappa shape index (κ3) is 3.81. The summed E-state index contributed by atoms with van der Waals surface area (Å²) in [4.78, 5) is 33.1. The maximum absolute atomic E-state index is 12.4. The standard InChI is InChI=1S/C24H27N5O2/c1-25-23(30)19-6-5-18(14-26-19)17-8-11-28(12-9-17)15-16-4-7-21-20(13-16)27-24(31)22-3-2-10-29(21)22/h4-8,13-14,22H,2-3,9-12,15H2,1H3,(H,25,30)(H,27,31)/t22-/m0/s1/i1D3. The van der Waals surface area contributed by atoms with Gasteiger partial charge in [-0.15, -0.1) is 0 Å². The number of nitrogens with one attached hydrogen (secondary N) is 2. The zero-order valence-corrected chi connectivity index (χ0v) is 17.2. The van der Waals surface area contributed by atoms with Gasteiger partial charge in [0.1, 0.15) is 11.7 Å². The highest BCUT2D eigenvalue weighted by atomic mass is 16.2. The minimum absolute atomic E-state index is 0.0245. The molecule has 0 aliphatic carbocycles. The van der Waals surface area contributed by atoms with Gasteiger partial charge in [0.15, 0.2) is 0 Å². The van der Waals surface area contributed by atoms with E-state index in [4.69, 9.17) is 4.11 Å². The van der Waals surface area contributed by atoms with E-state index in [1.54, 1.807) is 18.3 Å². The molecule has 1 saturated heterocycles. The first-order chi connectivity index (χ1) is 16.3. The Kier molecular flexibility index (Phi) is 4.34. The molecule has 0 bridgehead atoms. The zero-order valence-electron chi connectivity index (χ0n) is 20.2. The summed E-state index contributed by atoms with van der Waals surface area (Å²) in [5.41, 5.74) is 5.36. The van der Waals surface area contributed by atoms with Gasteiger partial charge in [-0.05, 0) is 54.2 Å². The molecule has 1 aromatic carbocycles. The van der Waals surface area contributed by atoms with Crippen LogP contribution < -0.4 is 15.5 Å². The van der Waals surface area contributed by atoms with E-state index in [0.717, 1.165) is 68.0 Å². The van der Waals surface area contributed by atoms with Crippen molar-refractivity contribution in [1.82, 2.24) is 15.2 Å². The fraction of sp³-hybridized carbons (Fsp3) is 0.375. The number of aromatic nitrogens is 1. The van der Waals surface area contributed by atoms with Crippen molar-refractivity contribution in [1.29, 1.82) is 0 Å². The molecule has 1 atom stereocenters. The monoisotopic (exact) mass is 420 g/mol. The second kappa shape index (κ2) is 8.15. The van der Waals surface area contributed by atoms with Gasteiger partial charge in [0, 0.05) is 43.5 Å². The number of carbonyl (C=O) groups excluding carboxylic acids is 2. The van der Waals surface area contributed by atoms with Crippen molar-refractivity contribution in [3.8, 4) is 0 Å². The first-order valence-corrected chi connectivity index (χ1v) is 10.7. The molecule has 160 valence electrons. The molecule has 2 aromatic rings. The van der Waals surface area contributed by atoms with Gasteiger partial charge in [-0.2, -0.15) is 0 Å². The van der Waals surface area contributed by atoms with E-state index in [-0.39, 0.29) is 17.6 Å². The fourth-order valence-corrected chi connectivity index (χ4v) is 4.73. The molecule has 5 rings (SSSR count). The van der Waals surface area contributed by atoms with Crippen LogP contribution in [0.5, 0.6) is 0 Å². The largest absolute Gasteiger partial charge is 0.358 e. The van der Waals surface area contributed by atoms with Crippen molar-refractivity contribution >= 4 is 28.8 Å². The second-order valence-corrected chi connectivity index (χ2v) is 8.29. The van der Waals surface area contributed by atoms with Gasteiger partial charge < -0.3 is 15.5 Å². The maximum Gasteiger partial charge on any atom is 0.269 e. The molecule has 7 nitrogen and oxygen atoms in total. The lowest BCUT2D eigenvalue weighted by Gasteiger charge is -2.33. The lowest BCUT2D eigenvalue weighted by Crippen LogP contribution is -2.43. The van der Waals surface area contributed by atoms with Crippen LogP contribution in [0, 0.1) is 0 Å². The first kappa shape index (κ1) is 16.5. The van der Waals surface area contributed by atoms with E-state index in [9.17, 15) is 9.59 Å². The Bertz CT molecular complexity index is 1150. The van der Waals surface area contributed by atoms with Crippen molar-refractivity contribution in [2.24, 2.45) is 0 Å². The number of benzene rings is 1. The van der Waals surface area contributed by atoms with Gasteiger partial charge in [-0.3, -0.25) is 19.5 Å². The van der Waals surface area contributed by atoms with Crippen LogP contribution in [-0.4, -0.2) is 54.4 Å². The lowest BCUT2D eigenvalue weighted by molar-refractivity contribution is -0.117. The molecular weight excluding hydrogens is 390 g/mol. The van der Waals surface area contributed by atoms with Gasteiger partial charge in [0.05, 0.1) is 11.4 Å². The number of pyridine rings is 1. The maximum atomic E-state index is 12.4. The summed E-state index contributed by atoms with van der Waals surface area (Å²) in [5.74, 6) is -0.611.